The summed E-state index contributed by atoms with van der Waals surface area (Å²) in [7, 11) is 0. The van der Waals surface area contributed by atoms with Crippen LogP contribution in [0, 0.1) is 6.92 Å². The maximum Gasteiger partial charge on any atom is 0.340 e. The average molecular weight is 470 g/mol. The molecule has 0 unspecified atom stereocenters. The van der Waals surface area contributed by atoms with Crippen molar-refractivity contribution in [1.82, 2.24) is 0 Å². The number of thioether (sulfide) groups is 1. The third kappa shape index (κ3) is 6.88. The number of halogens is 2. The zero-order valence-electron chi connectivity index (χ0n) is 17.5. The van der Waals surface area contributed by atoms with Gasteiger partial charge in [0, 0.05) is 10.5 Å². The number of alkyl halides is 2. The molecule has 3 aromatic carbocycles. The summed E-state index contributed by atoms with van der Waals surface area (Å²) >= 11 is 0.299. The standard InChI is InChI=1S/C24H20F2N2O4S/c1-15-7-6-8-16(13-15)22(30)28-18-10-3-2-9-17(18)23(31)32-14-21(29)27-19-11-4-5-12-20(19)33-24(25)26/h2-13,24H,14H2,1H3,(H,27,29)(H,28,30). The van der Waals surface area contributed by atoms with Crippen molar-refractivity contribution in [3.8, 4) is 0 Å². The molecule has 0 saturated carbocycles. The molecule has 2 N–H and O–H groups in total. The maximum atomic E-state index is 12.7. The monoisotopic (exact) mass is 470 g/mol. The highest BCUT2D eigenvalue weighted by atomic mass is 32.2. The van der Waals surface area contributed by atoms with Crippen LogP contribution in [0.3, 0.4) is 0 Å². The fourth-order valence-electron chi connectivity index (χ4n) is 2.91. The molecule has 0 aliphatic carbocycles. The summed E-state index contributed by atoms with van der Waals surface area (Å²) in [5.41, 5.74) is 1.83. The predicted molar refractivity (Wildman–Crippen MR) is 123 cm³/mol. The highest BCUT2D eigenvalue weighted by molar-refractivity contribution is 7.99. The van der Waals surface area contributed by atoms with Crippen LogP contribution < -0.4 is 10.6 Å². The van der Waals surface area contributed by atoms with Crippen molar-refractivity contribution in [2.45, 2.75) is 17.6 Å². The number of para-hydroxylation sites is 2. The number of rotatable bonds is 8. The number of carbonyl (C=O) groups is 3. The lowest BCUT2D eigenvalue weighted by molar-refractivity contribution is -0.119. The Hall–Kier alpha value is -3.72. The molecular weight excluding hydrogens is 450 g/mol. The second kappa shape index (κ2) is 11.2. The van der Waals surface area contributed by atoms with Gasteiger partial charge in [0.2, 0.25) is 0 Å². The Morgan fingerprint density at radius 3 is 2.33 bits per heavy atom. The van der Waals surface area contributed by atoms with Gasteiger partial charge in [-0.1, -0.05) is 53.7 Å². The number of anilines is 2. The van der Waals surface area contributed by atoms with E-state index >= 15 is 0 Å². The van der Waals surface area contributed by atoms with Crippen LogP contribution >= 0.6 is 11.8 Å². The van der Waals surface area contributed by atoms with Gasteiger partial charge in [-0.15, -0.1) is 0 Å². The topological polar surface area (TPSA) is 84.5 Å². The van der Waals surface area contributed by atoms with Crippen molar-refractivity contribution in [2.75, 3.05) is 17.2 Å². The molecule has 170 valence electrons. The van der Waals surface area contributed by atoms with Crippen molar-refractivity contribution in [3.63, 3.8) is 0 Å². The summed E-state index contributed by atoms with van der Waals surface area (Å²) in [4.78, 5) is 37.5. The van der Waals surface area contributed by atoms with E-state index in [1.165, 1.54) is 18.2 Å². The van der Waals surface area contributed by atoms with E-state index in [1.807, 2.05) is 13.0 Å². The van der Waals surface area contributed by atoms with Gasteiger partial charge >= 0.3 is 5.97 Å². The van der Waals surface area contributed by atoms with E-state index in [0.29, 0.717) is 17.3 Å². The predicted octanol–water partition coefficient (Wildman–Crippen LogP) is 5.36. The number of hydrogen-bond donors (Lipinski definition) is 2. The molecule has 2 amide bonds. The van der Waals surface area contributed by atoms with E-state index in [9.17, 15) is 23.2 Å². The minimum Gasteiger partial charge on any atom is -0.452 e. The zero-order chi connectivity index (χ0) is 23.8. The Bertz CT molecular complexity index is 1170. The third-order valence-corrected chi connectivity index (χ3v) is 5.18. The van der Waals surface area contributed by atoms with Crippen molar-refractivity contribution in [1.29, 1.82) is 0 Å². The largest absolute Gasteiger partial charge is 0.452 e. The van der Waals surface area contributed by atoms with E-state index in [0.717, 1.165) is 5.56 Å². The van der Waals surface area contributed by atoms with Gasteiger partial charge in [-0.25, -0.2) is 4.79 Å². The lowest BCUT2D eigenvalue weighted by Gasteiger charge is -2.12. The number of nitrogens with one attached hydrogen (secondary N) is 2. The molecule has 0 spiro atoms. The molecule has 0 aliphatic heterocycles. The molecular formula is C24H20F2N2O4S. The average Bonchev–Trinajstić information content (AvgIpc) is 2.79. The second-order valence-electron chi connectivity index (χ2n) is 6.87. The molecule has 0 fully saturated rings. The molecule has 0 aromatic heterocycles. The SMILES string of the molecule is Cc1cccc(C(=O)Nc2ccccc2C(=O)OCC(=O)Nc2ccccc2SC(F)F)c1. The first-order valence-corrected chi connectivity index (χ1v) is 10.7. The van der Waals surface area contributed by atoms with Gasteiger partial charge in [-0.2, -0.15) is 8.78 Å². The molecule has 9 heteroatoms. The minimum absolute atomic E-state index is 0.0694. The molecule has 0 heterocycles. The lowest BCUT2D eigenvalue weighted by Crippen LogP contribution is -2.22. The quantitative estimate of drug-likeness (QED) is 0.342. The molecule has 0 radical (unpaired) electrons. The van der Waals surface area contributed by atoms with Gasteiger partial charge in [-0.05, 0) is 43.3 Å². The zero-order valence-corrected chi connectivity index (χ0v) is 18.3. The van der Waals surface area contributed by atoms with E-state index in [1.54, 1.807) is 48.5 Å². The molecule has 33 heavy (non-hydrogen) atoms. The lowest BCUT2D eigenvalue weighted by atomic mass is 10.1. The summed E-state index contributed by atoms with van der Waals surface area (Å²) in [5, 5.41) is 5.13. The molecule has 0 saturated heterocycles. The van der Waals surface area contributed by atoms with Crippen LogP contribution in [0.1, 0.15) is 26.3 Å². The van der Waals surface area contributed by atoms with Crippen LogP contribution in [0.4, 0.5) is 20.2 Å². The van der Waals surface area contributed by atoms with Crippen LogP contribution in [0.2, 0.25) is 0 Å². The van der Waals surface area contributed by atoms with Gasteiger partial charge in [0.1, 0.15) is 0 Å². The summed E-state index contributed by atoms with van der Waals surface area (Å²) < 4.78 is 30.4. The Morgan fingerprint density at radius 2 is 1.61 bits per heavy atom. The van der Waals surface area contributed by atoms with Crippen LogP contribution in [-0.2, 0) is 9.53 Å². The number of aryl methyl sites for hydroxylation is 1. The fraction of sp³-hybridized carbons (Fsp3) is 0.125. The fourth-order valence-corrected chi connectivity index (χ4v) is 3.51. The van der Waals surface area contributed by atoms with E-state index < -0.39 is 30.1 Å². The number of hydrogen-bond acceptors (Lipinski definition) is 5. The van der Waals surface area contributed by atoms with Gasteiger partial charge in [0.05, 0.1) is 16.9 Å². The first-order valence-electron chi connectivity index (χ1n) is 9.81. The number of carbonyl (C=O) groups excluding carboxylic acids is 3. The normalized spacial score (nSPS) is 10.5. The van der Waals surface area contributed by atoms with Crippen LogP contribution in [-0.4, -0.2) is 30.1 Å². The third-order valence-electron chi connectivity index (χ3n) is 4.39. The molecule has 0 aliphatic rings. The maximum absolute atomic E-state index is 12.7. The van der Waals surface area contributed by atoms with Crippen LogP contribution in [0.15, 0.2) is 77.7 Å². The van der Waals surface area contributed by atoms with Crippen molar-refractivity contribution < 1.29 is 27.9 Å². The van der Waals surface area contributed by atoms with Crippen LogP contribution in [0.5, 0.6) is 0 Å². The Balaban J connectivity index is 1.63. The summed E-state index contributed by atoms with van der Waals surface area (Å²) in [6.07, 6.45) is 0. The van der Waals surface area contributed by atoms with E-state index in [4.69, 9.17) is 4.74 Å². The molecule has 0 atom stereocenters. The Kier molecular flexibility index (Phi) is 8.15. The highest BCUT2D eigenvalue weighted by Gasteiger charge is 2.17. The number of benzene rings is 3. The first kappa shape index (κ1) is 23.9. The van der Waals surface area contributed by atoms with Gasteiger partial charge in [0.25, 0.3) is 17.6 Å². The summed E-state index contributed by atoms with van der Waals surface area (Å²) in [6, 6.07) is 19.3. The van der Waals surface area contributed by atoms with Gasteiger partial charge in [0.15, 0.2) is 6.61 Å². The summed E-state index contributed by atoms with van der Waals surface area (Å²) in [6.45, 7) is 1.23. The molecule has 6 nitrogen and oxygen atoms in total. The van der Waals surface area contributed by atoms with Crippen molar-refractivity contribution in [2.24, 2.45) is 0 Å². The summed E-state index contributed by atoms with van der Waals surface area (Å²) in [5.74, 6) is -4.55. The Labute approximate surface area is 193 Å². The smallest absolute Gasteiger partial charge is 0.340 e. The number of ether oxygens (including phenoxy) is 1. The van der Waals surface area contributed by atoms with E-state index in [-0.39, 0.29) is 21.8 Å². The van der Waals surface area contributed by atoms with Crippen molar-refractivity contribution >= 4 is 40.9 Å². The second-order valence-corrected chi connectivity index (χ2v) is 7.90. The van der Waals surface area contributed by atoms with Crippen molar-refractivity contribution in [3.05, 3.63) is 89.5 Å². The number of amides is 2. The molecule has 3 aromatic rings. The number of esters is 1. The van der Waals surface area contributed by atoms with Gasteiger partial charge in [-0.3, -0.25) is 9.59 Å². The molecule has 3 rings (SSSR count). The first-order chi connectivity index (χ1) is 15.8. The van der Waals surface area contributed by atoms with Gasteiger partial charge < -0.3 is 15.4 Å². The highest BCUT2D eigenvalue weighted by Crippen LogP contribution is 2.31. The molecule has 0 bridgehead atoms. The minimum atomic E-state index is -2.65. The Morgan fingerprint density at radius 1 is 0.909 bits per heavy atom. The van der Waals surface area contributed by atoms with E-state index in [2.05, 4.69) is 10.6 Å². The van der Waals surface area contributed by atoms with Crippen LogP contribution in [0.25, 0.3) is 0 Å².